The Balaban J connectivity index is 1.88. The zero-order valence-corrected chi connectivity index (χ0v) is 12.1. The van der Waals surface area contributed by atoms with Gasteiger partial charge in [0.1, 0.15) is 0 Å². The first-order valence-electron chi connectivity index (χ1n) is 6.29. The van der Waals surface area contributed by atoms with Gasteiger partial charge in [0, 0.05) is 23.8 Å². The Bertz CT molecular complexity index is 537. The molecule has 2 heterocycles. The van der Waals surface area contributed by atoms with Crippen LogP contribution >= 0.6 is 15.9 Å². The molecule has 0 spiro atoms. The second-order valence-corrected chi connectivity index (χ2v) is 5.52. The van der Waals surface area contributed by atoms with Crippen LogP contribution in [0.25, 0.3) is 5.69 Å². The highest BCUT2D eigenvalue weighted by Gasteiger charge is 2.36. The number of benzene rings is 1. The van der Waals surface area contributed by atoms with Gasteiger partial charge in [-0.3, -0.25) is 0 Å². The summed E-state index contributed by atoms with van der Waals surface area (Å²) in [6, 6.07) is 9.97. The van der Waals surface area contributed by atoms with Crippen molar-refractivity contribution >= 4 is 15.9 Å². The largest absolute Gasteiger partial charge is 0.381 e. The van der Waals surface area contributed by atoms with Gasteiger partial charge in [-0.1, -0.05) is 34.1 Å². The molecule has 0 saturated carbocycles. The van der Waals surface area contributed by atoms with Crippen molar-refractivity contribution < 1.29 is 4.74 Å². The van der Waals surface area contributed by atoms with E-state index in [-0.39, 0.29) is 5.41 Å². The molecule has 1 aliphatic heterocycles. The summed E-state index contributed by atoms with van der Waals surface area (Å²) in [5.41, 5.74) is 1.10. The smallest absolute Gasteiger partial charge is 0.157 e. The fourth-order valence-electron chi connectivity index (χ4n) is 2.36. The van der Waals surface area contributed by atoms with Crippen LogP contribution in [0.2, 0.25) is 0 Å². The third kappa shape index (κ3) is 2.55. The molecular weight excluding hydrogens is 308 g/mol. The summed E-state index contributed by atoms with van der Waals surface area (Å²) in [4.78, 5) is 0. The monoisotopic (exact) mass is 322 g/mol. The highest BCUT2D eigenvalue weighted by molar-refractivity contribution is 9.09. The van der Waals surface area contributed by atoms with E-state index in [2.05, 4.69) is 31.5 Å². The van der Waals surface area contributed by atoms with E-state index in [1.165, 1.54) is 0 Å². The zero-order valence-electron chi connectivity index (χ0n) is 10.5. The molecule has 0 bridgehead atoms. The van der Waals surface area contributed by atoms with Crippen molar-refractivity contribution in [1.29, 1.82) is 0 Å². The molecule has 19 heavy (non-hydrogen) atoms. The quantitative estimate of drug-likeness (QED) is 0.808. The maximum Gasteiger partial charge on any atom is 0.157 e. The Morgan fingerprint density at radius 2 is 2.16 bits per heavy atom. The van der Waals surface area contributed by atoms with Crippen molar-refractivity contribution in [3.63, 3.8) is 0 Å². The van der Waals surface area contributed by atoms with Crippen LogP contribution in [0.5, 0.6) is 0 Å². The molecule has 6 heteroatoms. The zero-order chi connectivity index (χ0) is 13.1. The van der Waals surface area contributed by atoms with E-state index in [0.717, 1.165) is 42.9 Å². The van der Waals surface area contributed by atoms with Gasteiger partial charge in [-0.05, 0) is 29.0 Å². The van der Waals surface area contributed by atoms with Gasteiger partial charge in [0.15, 0.2) is 5.82 Å². The normalized spacial score (nSPS) is 22.8. The number of nitrogens with zero attached hydrogens (tertiary/aromatic N) is 4. The van der Waals surface area contributed by atoms with Crippen LogP contribution in [0.4, 0.5) is 0 Å². The molecule has 1 unspecified atom stereocenters. The number of aromatic nitrogens is 4. The number of halogens is 1. The number of ether oxygens (including phenoxy) is 1. The Labute approximate surface area is 120 Å². The van der Waals surface area contributed by atoms with E-state index in [1.54, 1.807) is 0 Å². The number of hydrogen-bond acceptors (Lipinski definition) is 4. The molecular formula is C13H15BrN4O. The van der Waals surface area contributed by atoms with Gasteiger partial charge in [-0.15, -0.1) is 5.10 Å². The van der Waals surface area contributed by atoms with Crippen LogP contribution in [0.1, 0.15) is 12.2 Å². The van der Waals surface area contributed by atoms with Gasteiger partial charge in [-0.2, -0.15) is 4.68 Å². The highest BCUT2D eigenvalue weighted by atomic mass is 79.9. The van der Waals surface area contributed by atoms with Crippen LogP contribution < -0.4 is 0 Å². The minimum atomic E-state index is 0.112. The molecule has 100 valence electrons. The lowest BCUT2D eigenvalue weighted by Crippen LogP contribution is -2.27. The third-order valence-corrected chi connectivity index (χ3v) is 4.73. The Morgan fingerprint density at radius 1 is 1.32 bits per heavy atom. The summed E-state index contributed by atoms with van der Waals surface area (Å²) < 4.78 is 7.35. The SMILES string of the molecule is BrCC1(Cc2nnnn2-c2ccccc2)CCOC1. The van der Waals surface area contributed by atoms with E-state index < -0.39 is 0 Å². The van der Waals surface area contributed by atoms with Gasteiger partial charge in [-0.25, -0.2) is 0 Å². The summed E-state index contributed by atoms with van der Waals surface area (Å²) in [6.07, 6.45) is 1.86. The summed E-state index contributed by atoms with van der Waals surface area (Å²) >= 11 is 3.60. The Kier molecular flexibility index (Phi) is 3.61. The first-order chi connectivity index (χ1) is 9.33. The molecule has 1 aromatic carbocycles. The first-order valence-corrected chi connectivity index (χ1v) is 7.42. The molecule has 0 N–H and O–H groups in total. The van der Waals surface area contributed by atoms with E-state index in [4.69, 9.17) is 4.74 Å². The van der Waals surface area contributed by atoms with Gasteiger partial charge >= 0.3 is 0 Å². The van der Waals surface area contributed by atoms with E-state index >= 15 is 0 Å². The predicted octanol–water partition coefficient (Wildman–Crippen LogP) is 2.01. The maximum atomic E-state index is 5.54. The van der Waals surface area contributed by atoms with Crippen LogP contribution in [0.3, 0.4) is 0 Å². The molecule has 1 aromatic heterocycles. The van der Waals surface area contributed by atoms with Gasteiger partial charge < -0.3 is 4.74 Å². The number of hydrogen-bond donors (Lipinski definition) is 0. The number of alkyl halides is 1. The number of rotatable bonds is 4. The van der Waals surface area contributed by atoms with Crippen LogP contribution in [-0.4, -0.2) is 38.8 Å². The van der Waals surface area contributed by atoms with Crippen LogP contribution in [-0.2, 0) is 11.2 Å². The molecule has 1 aliphatic rings. The van der Waals surface area contributed by atoms with Crippen LogP contribution in [0.15, 0.2) is 30.3 Å². The number of tetrazole rings is 1. The lowest BCUT2D eigenvalue weighted by atomic mass is 9.86. The second-order valence-electron chi connectivity index (χ2n) is 4.96. The molecule has 2 aromatic rings. The minimum absolute atomic E-state index is 0.112. The summed E-state index contributed by atoms with van der Waals surface area (Å²) in [7, 11) is 0. The van der Waals surface area contributed by atoms with E-state index in [9.17, 15) is 0 Å². The van der Waals surface area contributed by atoms with Crippen molar-refractivity contribution in [3.05, 3.63) is 36.2 Å². The minimum Gasteiger partial charge on any atom is -0.381 e. The topological polar surface area (TPSA) is 52.8 Å². The highest BCUT2D eigenvalue weighted by Crippen LogP contribution is 2.34. The standard InChI is InChI=1S/C13H15BrN4O/c14-9-13(6-7-19-10-13)8-12-15-16-17-18(12)11-4-2-1-3-5-11/h1-5H,6-10H2. The Morgan fingerprint density at radius 3 is 2.84 bits per heavy atom. The van der Waals surface area contributed by atoms with Crippen molar-refractivity contribution in [3.8, 4) is 5.69 Å². The summed E-state index contributed by atoms with van der Waals surface area (Å²) in [5, 5.41) is 13.0. The summed E-state index contributed by atoms with van der Waals surface area (Å²) in [6.45, 7) is 1.58. The van der Waals surface area contributed by atoms with Crippen molar-refractivity contribution in [2.75, 3.05) is 18.5 Å². The molecule has 0 amide bonds. The molecule has 1 saturated heterocycles. The fraction of sp³-hybridized carbons (Fsp3) is 0.462. The molecule has 1 atom stereocenters. The second kappa shape index (κ2) is 5.38. The summed E-state index contributed by atoms with van der Waals surface area (Å²) in [5.74, 6) is 0.885. The van der Waals surface area contributed by atoms with Crippen molar-refractivity contribution in [1.82, 2.24) is 20.2 Å². The first kappa shape index (κ1) is 12.7. The average molecular weight is 323 g/mol. The van der Waals surface area contributed by atoms with Crippen LogP contribution in [0, 0.1) is 5.41 Å². The maximum absolute atomic E-state index is 5.54. The molecule has 0 aliphatic carbocycles. The lowest BCUT2D eigenvalue weighted by Gasteiger charge is -2.23. The molecule has 3 rings (SSSR count). The average Bonchev–Trinajstić information content (AvgIpc) is 3.10. The Hall–Kier alpha value is -1.27. The van der Waals surface area contributed by atoms with Crippen molar-refractivity contribution in [2.24, 2.45) is 5.41 Å². The number of para-hydroxylation sites is 1. The lowest BCUT2D eigenvalue weighted by molar-refractivity contribution is 0.160. The molecule has 1 fully saturated rings. The predicted molar refractivity (Wildman–Crippen MR) is 74.5 cm³/mol. The molecule has 0 radical (unpaired) electrons. The van der Waals surface area contributed by atoms with Gasteiger partial charge in [0.05, 0.1) is 12.3 Å². The third-order valence-electron chi connectivity index (χ3n) is 3.54. The van der Waals surface area contributed by atoms with Gasteiger partial charge in [0.2, 0.25) is 0 Å². The van der Waals surface area contributed by atoms with E-state index in [1.807, 2.05) is 35.0 Å². The van der Waals surface area contributed by atoms with Crippen molar-refractivity contribution in [2.45, 2.75) is 12.8 Å². The fourth-order valence-corrected chi connectivity index (χ4v) is 3.00. The molecule has 5 nitrogen and oxygen atoms in total. The van der Waals surface area contributed by atoms with E-state index in [0.29, 0.717) is 0 Å². The van der Waals surface area contributed by atoms with Gasteiger partial charge in [0.25, 0.3) is 0 Å².